The van der Waals surface area contributed by atoms with Crippen molar-refractivity contribution in [3.05, 3.63) is 66.6 Å². The van der Waals surface area contributed by atoms with E-state index in [2.05, 4.69) is 62.4 Å². The minimum atomic E-state index is 1.07. The lowest BCUT2D eigenvalue weighted by atomic mass is 10.0. The van der Waals surface area contributed by atoms with Crippen LogP contribution in [0.15, 0.2) is 48.5 Å². The monoisotopic (exact) mass is 251 g/mol. The van der Waals surface area contributed by atoms with Gasteiger partial charge in [0.25, 0.3) is 0 Å². The van der Waals surface area contributed by atoms with Gasteiger partial charge in [0.05, 0.1) is 0 Å². The smallest absolute Gasteiger partial charge is 0.0184 e. The number of hydrogen-bond donors (Lipinski definition) is 0. The van der Waals surface area contributed by atoms with Crippen LogP contribution in [0.3, 0.4) is 0 Å². The van der Waals surface area contributed by atoms with Crippen molar-refractivity contribution < 1.29 is 0 Å². The Balaban J connectivity index is 1.96. The van der Waals surface area contributed by atoms with Crippen LogP contribution in [0.2, 0.25) is 0 Å². The number of benzene rings is 2. The predicted octanol–water partition coefficient (Wildman–Crippen LogP) is 5.66. The molecule has 0 heterocycles. The standard InChI is InChI=1S/C19H23/c1-3-4-5-6-7-17-10-14-19(15-11-17)18-12-8-16(2)9-13-18/h8-15H,2-7H2,1H3. The van der Waals surface area contributed by atoms with E-state index in [1.54, 1.807) is 0 Å². The number of unbranched alkanes of at least 4 members (excludes halogenated alkanes) is 3. The van der Waals surface area contributed by atoms with Gasteiger partial charge in [-0.25, -0.2) is 0 Å². The van der Waals surface area contributed by atoms with Gasteiger partial charge in [-0.2, -0.15) is 0 Å². The molecule has 0 unspecified atom stereocenters. The van der Waals surface area contributed by atoms with Gasteiger partial charge in [-0.05, 0) is 42.0 Å². The predicted molar refractivity (Wildman–Crippen MR) is 84.2 cm³/mol. The quantitative estimate of drug-likeness (QED) is 0.581. The maximum absolute atomic E-state index is 3.92. The first-order valence-corrected chi connectivity index (χ1v) is 7.31. The van der Waals surface area contributed by atoms with Gasteiger partial charge in [0.1, 0.15) is 0 Å². The lowest BCUT2D eigenvalue weighted by Gasteiger charge is -2.05. The highest BCUT2D eigenvalue weighted by Gasteiger charge is 1.98. The largest absolute Gasteiger partial charge is 0.0654 e. The van der Waals surface area contributed by atoms with Gasteiger partial charge in [0, 0.05) is 0 Å². The summed E-state index contributed by atoms with van der Waals surface area (Å²) < 4.78 is 0. The third-order valence-corrected chi connectivity index (χ3v) is 3.56. The van der Waals surface area contributed by atoms with Crippen molar-refractivity contribution in [3.8, 4) is 11.1 Å². The van der Waals surface area contributed by atoms with E-state index in [4.69, 9.17) is 0 Å². The van der Waals surface area contributed by atoms with Gasteiger partial charge < -0.3 is 0 Å². The number of hydrogen-bond acceptors (Lipinski definition) is 0. The van der Waals surface area contributed by atoms with Crippen LogP contribution in [0.5, 0.6) is 0 Å². The van der Waals surface area contributed by atoms with Gasteiger partial charge in [0.15, 0.2) is 0 Å². The van der Waals surface area contributed by atoms with Crippen molar-refractivity contribution in [1.82, 2.24) is 0 Å². The molecule has 0 N–H and O–H groups in total. The molecule has 19 heavy (non-hydrogen) atoms. The molecule has 0 aliphatic heterocycles. The molecule has 0 nitrogen and oxygen atoms in total. The minimum absolute atomic E-state index is 1.07. The topological polar surface area (TPSA) is 0 Å². The Kier molecular flexibility index (Phi) is 5.20. The van der Waals surface area contributed by atoms with Gasteiger partial charge >= 0.3 is 0 Å². The second-order valence-corrected chi connectivity index (χ2v) is 5.20. The molecule has 2 rings (SSSR count). The van der Waals surface area contributed by atoms with Crippen LogP contribution >= 0.6 is 0 Å². The molecular weight excluding hydrogens is 228 g/mol. The molecule has 2 aromatic carbocycles. The Morgan fingerprint density at radius 3 is 1.89 bits per heavy atom. The van der Waals surface area contributed by atoms with E-state index in [9.17, 15) is 0 Å². The summed E-state index contributed by atoms with van der Waals surface area (Å²) in [6, 6.07) is 17.4. The molecule has 2 aromatic rings. The molecule has 0 saturated heterocycles. The summed E-state index contributed by atoms with van der Waals surface area (Å²) in [6.07, 6.45) is 6.53. The maximum atomic E-state index is 3.92. The zero-order valence-corrected chi connectivity index (χ0v) is 11.9. The SMILES string of the molecule is [CH2]c1ccc(-c2ccc(CCCCCC)cc2)cc1. The highest BCUT2D eigenvalue weighted by Crippen LogP contribution is 2.21. The van der Waals surface area contributed by atoms with Crippen LogP contribution in [0.4, 0.5) is 0 Å². The van der Waals surface area contributed by atoms with Gasteiger partial charge in [-0.3, -0.25) is 0 Å². The molecule has 0 atom stereocenters. The molecule has 0 saturated carbocycles. The Morgan fingerprint density at radius 1 is 0.737 bits per heavy atom. The summed E-state index contributed by atoms with van der Waals surface area (Å²) >= 11 is 0. The summed E-state index contributed by atoms with van der Waals surface area (Å²) in [4.78, 5) is 0. The van der Waals surface area contributed by atoms with E-state index >= 15 is 0 Å². The fourth-order valence-corrected chi connectivity index (χ4v) is 2.32. The Morgan fingerprint density at radius 2 is 1.32 bits per heavy atom. The Labute approximate surface area is 117 Å². The summed E-state index contributed by atoms with van der Waals surface area (Å²) in [6.45, 7) is 6.17. The van der Waals surface area contributed by atoms with Crippen molar-refractivity contribution >= 4 is 0 Å². The van der Waals surface area contributed by atoms with Crippen LogP contribution in [-0.2, 0) is 6.42 Å². The van der Waals surface area contributed by atoms with E-state index in [0.717, 1.165) is 5.56 Å². The summed E-state index contributed by atoms with van der Waals surface area (Å²) in [5, 5.41) is 0. The second-order valence-electron chi connectivity index (χ2n) is 5.20. The average molecular weight is 251 g/mol. The average Bonchev–Trinajstić information content (AvgIpc) is 2.45. The molecule has 99 valence electrons. The van der Waals surface area contributed by atoms with E-state index in [0.29, 0.717) is 0 Å². The van der Waals surface area contributed by atoms with E-state index in [-0.39, 0.29) is 0 Å². The third-order valence-electron chi connectivity index (χ3n) is 3.56. The molecule has 0 fully saturated rings. The molecule has 0 heteroatoms. The molecule has 1 radical (unpaired) electrons. The summed E-state index contributed by atoms with van der Waals surface area (Å²) in [7, 11) is 0. The first kappa shape index (κ1) is 13.9. The molecule has 0 aliphatic rings. The fraction of sp³-hybridized carbons (Fsp3) is 0.316. The summed E-state index contributed by atoms with van der Waals surface area (Å²) in [5.74, 6) is 0. The molecule has 0 bridgehead atoms. The molecule has 0 spiro atoms. The lowest BCUT2D eigenvalue weighted by Crippen LogP contribution is -1.86. The maximum Gasteiger partial charge on any atom is -0.0184 e. The molecule has 0 aromatic heterocycles. The van der Waals surface area contributed by atoms with Crippen LogP contribution < -0.4 is 0 Å². The molecular formula is C19H23. The van der Waals surface area contributed by atoms with Crippen molar-refractivity contribution in [2.24, 2.45) is 0 Å². The lowest BCUT2D eigenvalue weighted by molar-refractivity contribution is 0.667. The van der Waals surface area contributed by atoms with E-state index in [1.807, 2.05) is 0 Å². The highest BCUT2D eigenvalue weighted by molar-refractivity contribution is 5.64. The second kappa shape index (κ2) is 7.13. The van der Waals surface area contributed by atoms with E-state index < -0.39 is 0 Å². The molecule has 0 amide bonds. The van der Waals surface area contributed by atoms with Crippen LogP contribution in [0.25, 0.3) is 11.1 Å². The van der Waals surface area contributed by atoms with E-state index in [1.165, 1.54) is 48.8 Å². The minimum Gasteiger partial charge on any atom is -0.0654 e. The first-order chi connectivity index (χ1) is 9.29. The van der Waals surface area contributed by atoms with Crippen molar-refractivity contribution in [1.29, 1.82) is 0 Å². The zero-order valence-electron chi connectivity index (χ0n) is 11.9. The summed E-state index contributed by atoms with van der Waals surface area (Å²) in [5.41, 5.74) is 5.08. The number of rotatable bonds is 6. The zero-order chi connectivity index (χ0) is 13.5. The van der Waals surface area contributed by atoms with Gasteiger partial charge in [0.2, 0.25) is 0 Å². The van der Waals surface area contributed by atoms with Crippen LogP contribution in [0.1, 0.15) is 43.7 Å². The van der Waals surface area contributed by atoms with Crippen molar-refractivity contribution in [2.45, 2.75) is 39.0 Å². The Hall–Kier alpha value is -1.56. The fourth-order valence-electron chi connectivity index (χ4n) is 2.32. The van der Waals surface area contributed by atoms with Crippen LogP contribution in [0, 0.1) is 6.92 Å². The Bertz CT molecular complexity index is 476. The van der Waals surface area contributed by atoms with Crippen molar-refractivity contribution in [2.75, 3.05) is 0 Å². The number of aryl methyl sites for hydroxylation is 1. The first-order valence-electron chi connectivity index (χ1n) is 7.31. The van der Waals surface area contributed by atoms with Crippen LogP contribution in [-0.4, -0.2) is 0 Å². The highest BCUT2D eigenvalue weighted by atomic mass is 14.0. The van der Waals surface area contributed by atoms with Gasteiger partial charge in [-0.1, -0.05) is 74.7 Å². The normalized spacial score (nSPS) is 10.6. The van der Waals surface area contributed by atoms with Gasteiger partial charge in [-0.15, -0.1) is 0 Å². The van der Waals surface area contributed by atoms with Crippen molar-refractivity contribution in [3.63, 3.8) is 0 Å². The third kappa shape index (κ3) is 4.24. The molecule has 0 aliphatic carbocycles.